The lowest BCUT2D eigenvalue weighted by molar-refractivity contribution is 0.465. The summed E-state index contributed by atoms with van der Waals surface area (Å²) in [4.78, 5) is 0.695. The number of rotatable bonds is 18. The third-order valence-corrected chi connectivity index (χ3v) is 10.2. The molecule has 0 aliphatic rings. The van der Waals surface area contributed by atoms with Crippen molar-refractivity contribution >= 4 is 19.7 Å². The normalized spacial score (nSPS) is 12.1. The SMILES string of the molecule is CCCCCc1cc(S(=O)(=O)CCCC)ccc1Oc1ccc(S(=O)(=O)CCCC)cc1CCCCC. The van der Waals surface area contributed by atoms with Gasteiger partial charge in [0.2, 0.25) is 0 Å². The Morgan fingerprint density at radius 2 is 0.919 bits per heavy atom. The van der Waals surface area contributed by atoms with Crippen molar-refractivity contribution in [3.05, 3.63) is 47.5 Å². The molecule has 0 atom stereocenters. The fourth-order valence-electron chi connectivity index (χ4n) is 4.24. The molecule has 0 aromatic heterocycles. The van der Waals surface area contributed by atoms with Crippen LogP contribution in [0.25, 0.3) is 0 Å². The van der Waals surface area contributed by atoms with Gasteiger partial charge in [-0.05, 0) is 86.1 Å². The Labute approximate surface area is 225 Å². The third-order valence-electron chi connectivity index (χ3n) is 6.63. The van der Waals surface area contributed by atoms with Crippen molar-refractivity contribution in [3.63, 3.8) is 0 Å². The van der Waals surface area contributed by atoms with E-state index in [-0.39, 0.29) is 11.5 Å². The Bertz CT molecular complexity index is 1090. The summed E-state index contributed by atoms with van der Waals surface area (Å²) in [7, 11) is -6.68. The average Bonchev–Trinajstić information content (AvgIpc) is 2.88. The smallest absolute Gasteiger partial charge is 0.178 e. The minimum Gasteiger partial charge on any atom is -0.457 e. The molecule has 0 saturated heterocycles. The summed E-state index contributed by atoms with van der Waals surface area (Å²) >= 11 is 0. The second-order valence-corrected chi connectivity index (χ2v) is 14.1. The first kappa shape index (κ1) is 31.4. The number of ether oxygens (including phenoxy) is 1. The largest absolute Gasteiger partial charge is 0.457 e. The van der Waals surface area contributed by atoms with Gasteiger partial charge in [0.25, 0.3) is 0 Å². The summed E-state index contributed by atoms with van der Waals surface area (Å²) in [6.07, 6.45) is 10.5. The van der Waals surface area contributed by atoms with Crippen LogP contribution in [0.3, 0.4) is 0 Å². The summed E-state index contributed by atoms with van der Waals surface area (Å²) in [5.74, 6) is 1.58. The van der Waals surface area contributed by atoms with Gasteiger partial charge in [0.15, 0.2) is 19.7 Å². The maximum atomic E-state index is 12.9. The first-order valence-corrected chi connectivity index (χ1v) is 17.4. The molecule has 5 nitrogen and oxygen atoms in total. The van der Waals surface area contributed by atoms with E-state index in [1.165, 1.54) is 0 Å². The number of aryl methyl sites for hydroxylation is 2. The fourth-order valence-corrected chi connectivity index (χ4v) is 7.25. The molecule has 0 unspecified atom stereocenters. The number of sulfone groups is 2. The predicted molar refractivity (Wildman–Crippen MR) is 153 cm³/mol. The lowest BCUT2D eigenvalue weighted by Gasteiger charge is -2.17. The molecule has 0 spiro atoms. The quantitative estimate of drug-likeness (QED) is 0.175. The lowest BCUT2D eigenvalue weighted by atomic mass is 10.0. The molecule has 0 saturated carbocycles. The van der Waals surface area contributed by atoms with E-state index in [2.05, 4.69) is 13.8 Å². The summed E-state index contributed by atoms with van der Waals surface area (Å²) in [5, 5.41) is 0. The van der Waals surface area contributed by atoms with E-state index in [4.69, 9.17) is 4.74 Å². The van der Waals surface area contributed by atoms with Gasteiger partial charge < -0.3 is 4.74 Å². The number of hydrogen-bond donors (Lipinski definition) is 0. The van der Waals surface area contributed by atoms with Gasteiger partial charge in [-0.25, -0.2) is 16.8 Å². The molecule has 2 aromatic carbocycles. The summed E-state index contributed by atoms with van der Waals surface area (Å²) in [6, 6.07) is 10.4. The summed E-state index contributed by atoms with van der Waals surface area (Å²) < 4.78 is 57.8. The highest BCUT2D eigenvalue weighted by Gasteiger charge is 2.19. The van der Waals surface area contributed by atoms with Crippen molar-refractivity contribution in [2.75, 3.05) is 11.5 Å². The van der Waals surface area contributed by atoms with E-state index >= 15 is 0 Å². The van der Waals surface area contributed by atoms with Crippen LogP contribution < -0.4 is 4.74 Å². The second-order valence-electron chi connectivity index (χ2n) is 9.90. The van der Waals surface area contributed by atoms with Gasteiger partial charge in [0.05, 0.1) is 21.3 Å². The zero-order valence-electron chi connectivity index (χ0n) is 23.2. The molecule has 0 amide bonds. The van der Waals surface area contributed by atoms with Gasteiger partial charge in [-0.3, -0.25) is 0 Å². The molecule has 0 radical (unpaired) electrons. The van der Waals surface area contributed by atoms with Crippen molar-refractivity contribution in [3.8, 4) is 11.5 Å². The maximum Gasteiger partial charge on any atom is 0.178 e. The molecule has 0 aliphatic carbocycles. The molecular formula is C30H46O5S2. The van der Waals surface area contributed by atoms with Crippen molar-refractivity contribution in [2.45, 2.75) is 115 Å². The van der Waals surface area contributed by atoms with Crippen LogP contribution in [0.4, 0.5) is 0 Å². The number of hydrogen-bond acceptors (Lipinski definition) is 5. The van der Waals surface area contributed by atoms with Crippen molar-refractivity contribution in [1.82, 2.24) is 0 Å². The van der Waals surface area contributed by atoms with Gasteiger partial charge in [-0.2, -0.15) is 0 Å². The van der Waals surface area contributed by atoms with Crippen LogP contribution in [-0.2, 0) is 32.5 Å². The van der Waals surface area contributed by atoms with Crippen LogP contribution >= 0.6 is 0 Å². The van der Waals surface area contributed by atoms with E-state index in [0.717, 1.165) is 75.3 Å². The first-order chi connectivity index (χ1) is 17.7. The monoisotopic (exact) mass is 550 g/mol. The van der Waals surface area contributed by atoms with Crippen LogP contribution in [0.2, 0.25) is 0 Å². The Morgan fingerprint density at radius 1 is 0.541 bits per heavy atom. The third kappa shape index (κ3) is 9.75. The molecule has 7 heteroatoms. The molecule has 0 heterocycles. The van der Waals surface area contributed by atoms with E-state index < -0.39 is 19.7 Å². The zero-order chi connectivity index (χ0) is 27.3. The van der Waals surface area contributed by atoms with Gasteiger partial charge in [-0.15, -0.1) is 0 Å². The Balaban J connectivity index is 2.46. The molecule has 0 fully saturated rings. The van der Waals surface area contributed by atoms with Crippen LogP contribution in [0.5, 0.6) is 11.5 Å². The molecular weight excluding hydrogens is 504 g/mol. The fraction of sp³-hybridized carbons (Fsp3) is 0.600. The highest BCUT2D eigenvalue weighted by atomic mass is 32.2. The van der Waals surface area contributed by atoms with Crippen molar-refractivity contribution in [1.29, 1.82) is 0 Å². The van der Waals surface area contributed by atoms with E-state index in [9.17, 15) is 16.8 Å². The highest BCUT2D eigenvalue weighted by molar-refractivity contribution is 7.91. The molecule has 0 N–H and O–H groups in total. The van der Waals surface area contributed by atoms with Crippen molar-refractivity contribution in [2.24, 2.45) is 0 Å². The van der Waals surface area contributed by atoms with Gasteiger partial charge in [-0.1, -0.05) is 66.2 Å². The van der Waals surface area contributed by atoms with Crippen LogP contribution in [0.15, 0.2) is 46.2 Å². The van der Waals surface area contributed by atoms with Crippen LogP contribution in [-0.4, -0.2) is 28.3 Å². The van der Waals surface area contributed by atoms with E-state index in [1.54, 1.807) is 36.4 Å². The minimum atomic E-state index is -3.34. The first-order valence-electron chi connectivity index (χ1n) is 14.1. The Hall–Kier alpha value is -1.86. The van der Waals surface area contributed by atoms with Gasteiger partial charge in [0, 0.05) is 0 Å². The Kier molecular flexibility index (Phi) is 13.2. The topological polar surface area (TPSA) is 77.5 Å². The maximum absolute atomic E-state index is 12.9. The van der Waals surface area contributed by atoms with Crippen LogP contribution in [0, 0.1) is 0 Å². The molecule has 2 aromatic rings. The summed E-state index contributed by atoms with van der Waals surface area (Å²) in [6.45, 7) is 8.26. The average molecular weight is 551 g/mol. The highest BCUT2D eigenvalue weighted by Crippen LogP contribution is 2.34. The van der Waals surface area contributed by atoms with Gasteiger partial charge in [0.1, 0.15) is 11.5 Å². The molecule has 0 bridgehead atoms. The molecule has 37 heavy (non-hydrogen) atoms. The zero-order valence-corrected chi connectivity index (χ0v) is 24.9. The van der Waals surface area contributed by atoms with Crippen LogP contribution in [0.1, 0.15) is 103 Å². The van der Waals surface area contributed by atoms with Gasteiger partial charge >= 0.3 is 0 Å². The number of unbranched alkanes of at least 4 members (excludes halogenated alkanes) is 6. The molecule has 0 aliphatic heterocycles. The summed E-state index contributed by atoms with van der Waals surface area (Å²) in [5.41, 5.74) is 1.76. The molecule has 208 valence electrons. The standard InChI is InChI=1S/C30H46O5S2/c1-5-9-13-15-25-23-27(36(31,32)21-11-7-3)17-19-29(25)35-30-20-18-28(37(33,34)22-12-8-4)24-26(30)16-14-10-6-2/h17-20,23-24H,5-16,21-22H2,1-4H3. The number of benzene rings is 2. The second kappa shape index (κ2) is 15.5. The Morgan fingerprint density at radius 3 is 1.27 bits per heavy atom. The predicted octanol–water partition coefficient (Wildman–Crippen LogP) is 8.09. The van der Waals surface area contributed by atoms with E-state index in [1.807, 2.05) is 13.8 Å². The van der Waals surface area contributed by atoms with Crippen molar-refractivity contribution < 1.29 is 21.6 Å². The lowest BCUT2D eigenvalue weighted by Crippen LogP contribution is -2.08. The molecule has 2 rings (SSSR count). The minimum absolute atomic E-state index is 0.146. The van der Waals surface area contributed by atoms with E-state index in [0.29, 0.717) is 34.1 Å².